The molecule has 2 rings (SSSR count). The number of hydrogen-bond donors (Lipinski definition) is 1. The predicted octanol–water partition coefficient (Wildman–Crippen LogP) is 4.57. The van der Waals surface area contributed by atoms with E-state index in [1.165, 1.54) is 11.1 Å². The van der Waals surface area contributed by atoms with Gasteiger partial charge in [0.1, 0.15) is 11.5 Å². The molecule has 2 nitrogen and oxygen atoms in total. The highest BCUT2D eigenvalue weighted by atomic mass is 16.3. The molecule has 0 bridgehead atoms. The van der Waals surface area contributed by atoms with Crippen LogP contribution in [0.1, 0.15) is 44.6 Å². The minimum Gasteiger partial charge on any atom is -0.459 e. The molecular formula is C17H23NO. The van der Waals surface area contributed by atoms with Crippen LogP contribution in [0.15, 0.2) is 40.8 Å². The van der Waals surface area contributed by atoms with Crippen LogP contribution in [0.5, 0.6) is 0 Å². The summed E-state index contributed by atoms with van der Waals surface area (Å²) in [6.07, 6.45) is 2.24. The first-order valence-electron chi connectivity index (χ1n) is 7.17. The van der Waals surface area contributed by atoms with Gasteiger partial charge in [-0.2, -0.15) is 0 Å². The first-order chi connectivity index (χ1) is 9.26. The van der Waals surface area contributed by atoms with Gasteiger partial charge in [-0.25, -0.2) is 0 Å². The molecule has 102 valence electrons. The average molecular weight is 257 g/mol. The average Bonchev–Trinajstić information content (AvgIpc) is 2.90. The number of aryl methyl sites for hydroxylation is 1. The molecule has 0 aliphatic rings. The van der Waals surface area contributed by atoms with E-state index in [1.807, 2.05) is 0 Å². The van der Waals surface area contributed by atoms with E-state index in [2.05, 4.69) is 62.5 Å². The summed E-state index contributed by atoms with van der Waals surface area (Å²) >= 11 is 0. The van der Waals surface area contributed by atoms with E-state index in [0.29, 0.717) is 0 Å². The molecular weight excluding hydrogens is 234 g/mol. The zero-order valence-electron chi connectivity index (χ0n) is 12.1. The highest BCUT2D eigenvalue weighted by molar-refractivity contribution is 5.62. The SMILES string of the molecule is CCCc1ccccc1-c1ccc(C(C)NCC)o1. The molecule has 0 aliphatic heterocycles. The third kappa shape index (κ3) is 3.27. The van der Waals surface area contributed by atoms with Gasteiger partial charge in [0, 0.05) is 5.56 Å². The summed E-state index contributed by atoms with van der Waals surface area (Å²) in [5.74, 6) is 1.98. The lowest BCUT2D eigenvalue weighted by Gasteiger charge is -2.09. The number of benzene rings is 1. The van der Waals surface area contributed by atoms with Crippen LogP contribution in [0.25, 0.3) is 11.3 Å². The van der Waals surface area contributed by atoms with Gasteiger partial charge in [0.05, 0.1) is 6.04 Å². The number of hydrogen-bond acceptors (Lipinski definition) is 2. The molecule has 0 saturated heterocycles. The monoisotopic (exact) mass is 257 g/mol. The molecule has 1 heterocycles. The Morgan fingerprint density at radius 2 is 1.89 bits per heavy atom. The largest absolute Gasteiger partial charge is 0.459 e. The van der Waals surface area contributed by atoms with Gasteiger partial charge in [-0.05, 0) is 37.6 Å². The molecule has 0 fully saturated rings. The van der Waals surface area contributed by atoms with Crippen molar-refractivity contribution in [1.29, 1.82) is 0 Å². The Balaban J connectivity index is 2.27. The van der Waals surface area contributed by atoms with Crippen LogP contribution in [0.4, 0.5) is 0 Å². The van der Waals surface area contributed by atoms with E-state index in [9.17, 15) is 0 Å². The topological polar surface area (TPSA) is 25.2 Å². The second-order valence-corrected chi connectivity index (χ2v) is 4.89. The minimum absolute atomic E-state index is 0.261. The molecule has 1 N–H and O–H groups in total. The molecule has 1 aromatic heterocycles. The highest BCUT2D eigenvalue weighted by Gasteiger charge is 2.12. The van der Waals surface area contributed by atoms with Crippen LogP contribution in [0.2, 0.25) is 0 Å². The second-order valence-electron chi connectivity index (χ2n) is 4.89. The van der Waals surface area contributed by atoms with Crippen molar-refractivity contribution < 1.29 is 4.42 Å². The summed E-state index contributed by atoms with van der Waals surface area (Å²) in [6, 6.07) is 12.9. The molecule has 0 amide bonds. The second kappa shape index (κ2) is 6.58. The van der Waals surface area contributed by atoms with Gasteiger partial charge in [0.15, 0.2) is 0 Å². The van der Waals surface area contributed by atoms with Gasteiger partial charge in [0.2, 0.25) is 0 Å². The molecule has 0 aliphatic carbocycles. The van der Waals surface area contributed by atoms with Crippen molar-refractivity contribution in [3.05, 3.63) is 47.7 Å². The maximum Gasteiger partial charge on any atom is 0.134 e. The lowest BCUT2D eigenvalue weighted by atomic mass is 10.0. The van der Waals surface area contributed by atoms with E-state index in [-0.39, 0.29) is 6.04 Å². The van der Waals surface area contributed by atoms with Gasteiger partial charge in [-0.1, -0.05) is 44.5 Å². The standard InChI is InChI=1S/C17H23NO/c1-4-8-14-9-6-7-10-15(14)17-12-11-16(19-17)13(3)18-5-2/h6-7,9-13,18H,4-5,8H2,1-3H3. The third-order valence-electron chi connectivity index (χ3n) is 3.37. The zero-order chi connectivity index (χ0) is 13.7. The molecule has 19 heavy (non-hydrogen) atoms. The van der Waals surface area contributed by atoms with Crippen molar-refractivity contribution in [2.75, 3.05) is 6.54 Å². The summed E-state index contributed by atoms with van der Waals surface area (Å²) < 4.78 is 6.01. The lowest BCUT2D eigenvalue weighted by molar-refractivity contribution is 0.445. The van der Waals surface area contributed by atoms with Crippen LogP contribution in [-0.2, 0) is 6.42 Å². The number of nitrogens with one attached hydrogen (secondary N) is 1. The van der Waals surface area contributed by atoms with Crippen LogP contribution in [0, 0.1) is 0 Å². The predicted molar refractivity (Wildman–Crippen MR) is 80.2 cm³/mol. The Morgan fingerprint density at radius 3 is 2.63 bits per heavy atom. The number of furan rings is 1. The molecule has 2 heteroatoms. The summed E-state index contributed by atoms with van der Waals surface area (Å²) in [4.78, 5) is 0. The summed E-state index contributed by atoms with van der Waals surface area (Å²) in [7, 11) is 0. The molecule has 0 saturated carbocycles. The fraction of sp³-hybridized carbons (Fsp3) is 0.412. The van der Waals surface area contributed by atoms with E-state index in [1.54, 1.807) is 0 Å². The fourth-order valence-electron chi connectivity index (χ4n) is 2.39. The van der Waals surface area contributed by atoms with Crippen LogP contribution >= 0.6 is 0 Å². The molecule has 0 radical (unpaired) electrons. The zero-order valence-corrected chi connectivity index (χ0v) is 12.1. The smallest absolute Gasteiger partial charge is 0.134 e. The lowest BCUT2D eigenvalue weighted by Crippen LogP contribution is -2.16. The molecule has 0 spiro atoms. The van der Waals surface area contributed by atoms with Crippen molar-refractivity contribution in [3.63, 3.8) is 0 Å². The fourth-order valence-corrected chi connectivity index (χ4v) is 2.39. The Bertz CT molecular complexity index is 515. The van der Waals surface area contributed by atoms with E-state index >= 15 is 0 Å². The van der Waals surface area contributed by atoms with Gasteiger partial charge < -0.3 is 9.73 Å². The Kier molecular flexibility index (Phi) is 4.80. The summed E-state index contributed by atoms with van der Waals surface area (Å²) in [5.41, 5.74) is 2.58. The maximum absolute atomic E-state index is 6.01. The Hall–Kier alpha value is -1.54. The van der Waals surface area contributed by atoms with Crippen molar-refractivity contribution in [2.24, 2.45) is 0 Å². The summed E-state index contributed by atoms with van der Waals surface area (Å²) in [5, 5.41) is 3.37. The Labute approximate surface area is 115 Å². The van der Waals surface area contributed by atoms with Crippen molar-refractivity contribution in [3.8, 4) is 11.3 Å². The minimum atomic E-state index is 0.261. The van der Waals surface area contributed by atoms with Gasteiger partial charge in [0.25, 0.3) is 0 Å². The molecule has 2 aromatic rings. The Morgan fingerprint density at radius 1 is 1.11 bits per heavy atom. The molecule has 1 unspecified atom stereocenters. The van der Waals surface area contributed by atoms with Crippen molar-refractivity contribution in [1.82, 2.24) is 5.32 Å². The summed E-state index contributed by atoms with van der Waals surface area (Å²) in [6.45, 7) is 7.39. The van der Waals surface area contributed by atoms with E-state index in [0.717, 1.165) is 30.9 Å². The first-order valence-corrected chi connectivity index (χ1v) is 7.17. The van der Waals surface area contributed by atoms with Crippen molar-refractivity contribution in [2.45, 2.75) is 39.7 Å². The normalized spacial score (nSPS) is 12.6. The quantitative estimate of drug-likeness (QED) is 0.820. The van der Waals surface area contributed by atoms with Gasteiger partial charge >= 0.3 is 0 Å². The molecule has 1 aromatic carbocycles. The van der Waals surface area contributed by atoms with Crippen LogP contribution in [0.3, 0.4) is 0 Å². The maximum atomic E-state index is 6.01. The van der Waals surface area contributed by atoms with Gasteiger partial charge in [-0.15, -0.1) is 0 Å². The first kappa shape index (κ1) is 13.9. The van der Waals surface area contributed by atoms with E-state index < -0.39 is 0 Å². The van der Waals surface area contributed by atoms with Crippen LogP contribution in [-0.4, -0.2) is 6.54 Å². The third-order valence-corrected chi connectivity index (χ3v) is 3.37. The highest BCUT2D eigenvalue weighted by Crippen LogP contribution is 2.28. The van der Waals surface area contributed by atoms with Crippen LogP contribution < -0.4 is 5.32 Å². The number of rotatable bonds is 6. The van der Waals surface area contributed by atoms with Gasteiger partial charge in [-0.3, -0.25) is 0 Å². The van der Waals surface area contributed by atoms with Crippen molar-refractivity contribution >= 4 is 0 Å². The molecule has 1 atom stereocenters. The van der Waals surface area contributed by atoms with E-state index in [4.69, 9.17) is 4.42 Å².